The van der Waals surface area contributed by atoms with Gasteiger partial charge in [0.15, 0.2) is 0 Å². The molecule has 0 N–H and O–H groups in total. The largest absolute Gasteiger partial charge is 0.360 e. The molecule has 1 aliphatic rings. The van der Waals surface area contributed by atoms with Gasteiger partial charge in [-0.05, 0) is 11.1 Å². The van der Waals surface area contributed by atoms with E-state index in [0.717, 1.165) is 0 Å². The second-order valence-corrected chi connectivity index (χ2v) is 4.20. The summed E-state index contributed by atoms with van der Waals surface area (Å²) in [5.41, 5.74) is 2.48. The van der Waals surface area contributed by atoms with Gasteiger partial charge in [-0.15, -0.1) is 0 Å². The van der Waals surface area contributed by atoms with Crippen LogP contribution in [0.15, 0.2) is 66.7 Å². The lowest BCUT2D eigenvalue weighted by Gasteiger charge is -1.92. The molecule has 0 aliphatic carbocycles. The Kier molecular flexibility index (Phi) is 2.76. The lowest BCUT2D eigenvalue weighted by atomic mass is 10.1. The standard InChI is InChI=1S/C16H14O/c1-3-7-13(8-4-1)11-12-15-16(17-15)14-9-5-2-6-10-14/h1-12,15-16H/t15-,16-/m0/s1. The molecule has 2 aromatic rings. The summed E-state index contributed by atoms with van der Waals surface area (Å²) in [5.74, 6) is 0. The van der Waals surface area contributed by atoms with Crippen molar-refractivity contribution in [3.8, 4) is 0 Å². The quantitative estimate of drug-likeness (QED) is 0.719. The normalized spacial score (nSPS) is 22.8. The zero-order valence-corrected chi connectivity index (χ0v) is 9.49. The molecular formula is C16H14O. The van der Waals surface area contributed by atoms with Gasteiger partial charge in [-0.3, -0.25) is 0 Å². The van der Waals surface area contributed by atoms with Gasteiger partial charge in [0, 0.05) is 0 Å². The zero-order valence-electron chi connectivity index (χ0n) is 9.49. The smallest absolute Gasteiger partial charge is 0.113 e. The second-order valence-electron chi connectivity index (χ2n) is 4.20. The third-order valence-corrected chi connectivity index (χ3v) is 2.93. The first-order valence-corrected chi connectivity index (χ1v) is 5.87. The van der Waals surface area contributed by atoms with Gasteiger partial charge in [0.25, 0.3) is 0 Å². The number of epoxide rings is 1. The number of hydrogen-bond donors (Lipinski definition) is 0. The average Bonchev–Trinajstić information content (AvgIpc) is 3.18. The minimum atomic E-state index is 0.234. The van der Waals surface area contributed by atoms with Crippen LogP contribution in [-0.4, -0.2) is 6.10 Å². The molecule has 2 aromatic carbocycles. The Labute approximate surface area is 101 Å². The van der Waals surface area contributed by atoms with Crippen molar-refractivity contribution in [3.63, 3.8) is 0 Å². The van der Waals surface area contributed by atoms with Crippen molar-refractivity contribution in [2.75, 3.05) is 0 Å². The second kappa shape index (κ2) is 4.56. The summed E-state index contributed by atoms with van der Waals surface area (Å²) in [6.07, 6.45) is 4.73. The van der Waals surface area contributed by atoms with E-state index in [2.05, 4.69) is 48.6 Å². The molecular weight excluding hydrogens is 208 g/mol. The maximum absolute atomic E-state index is 5.64. The van der Waals surface area contributed by atoms with E-state index in [1.165, 1.54) is 11.1 Å². The summed E-state index contributed by atoms with van der Waals surface area (Å²) < 4.78 is 5.64. The molecule has 0 radical (unpaired) electrons. The van der Waals surface area contributed by atoms with Crippen molar-refractivity contribution >= 4 is 6.08 Å². The Morgan fingerprint density at radius 3 is 2.18 bits per heavy atom. The van der Waals surface area contributed by atoms with Gasteiger partial charge in [-0.2, -0.15) is 0 Å². The SMILES string of the molecule is C(=C[C@@H]1O[C@H]1c1ccccc1)c1ccccc1. The Hall–Kier alpha value is -1.86. The maximum atomic E-state index is 5.64. The van der Waals surface area contributed by atoms with Crippen LogP contribution in [0.25, 0.3) is 6.08 Å². The molecule has 1 aliphatic heterocycles. The van der Waals surface area contributed by atoms with E-state index in [4.69, 9.17) is 4.74 Å². The maximum Gasteiger partial charge on any atom is 0.113 e. The molecule has 2 atom stereocenters. The number of benzene rings is 2. The van der Waals surface area contributed by atoms with Crippen LogP contribution in [0.4, 0.5) is 0 Å². The van der Waals surface area contributed by atoms with Crippen molar-refractivity contribution < 1.29 is 4.74 Å². The number of hydrogen-bond acceptors (Lipinski definition) is 1. The topological polar surface area (TPSA) is 12.5 Å². The molecule has 3 rings (SSSR count). The Morgan fingerprint density at radius 1 is 0.824 bits per heavy atom. The summed E-state index contributed by atoms with van der Waals surface area (Å²) >= 11 is 0. The molecule has 0 bridgehead atoms. The molecule has 1 heterocycles. The highest BCUT2D eigenvalue weighted by molar-refractivity contribution is 5.50. The van der Waals surface area contributed by atoms with Gasteiger partial charge in [-0.25, -0.2) is 0 Å². The summed E-state index contributed by atoms with van der Waals surface area (Å²) in [4.78, 5) is 0. The molecule has 1 nitrogen and oxygen atoms in total. The molecule has 17 heavy (non-hydrogen) atoms. The third kappa shape index (κ3) is 2.45. The first-order chi connectivity index (χ1) is 8.43. The van der Waals surface area contributed by atoms with E-state index >= 15 is 0 Å². The van der Waals surface area contributed by atoms with Gasteiger partial charge >= 0.3 is 0 Å². The van der Waals surface area contributed by atoms with E-state index in [1.807, 2.05) is 24.3 Å². The summed E-state index contributed by atoms with van der Waals surface area (Å²) in [7, 11) is 0. The fourth-order valence-corrected chi connectivity index (χ4v) is 1.95. The molecule has 84 valence electrons. The molecule has 1 heteroatoms. The van der Waals surface area contributed by atoms with Crippen molar-refractivity contribution in [2.45, 2.75) is 12.2 Å². The fraction of sp³-hybridized carbons (Fsp3) is 0.125. The highest BCUT2D eigenvalue weighted by Crippen LogP contribution is 2.39. The average molecular weight is 222 g/mol. The van der Waals surface area contributed by atoms with Gasteiger partial charge in [0.05, 0.1) is 0 Å². The van der Waals surface area contributed by atoms with Crippen molar-refractivity contribution in [2.24, 2.45) is 0 Å². The molecule has 0 amide bonds. The fourth-order valence-electron chi connectivity index (χ4n) is 1.95. The third-order valence-electron chi connectivity index (χ3n) is 2.93. The molecule has 1 fully saturated rings. The zero-order chi connectivity index (χ0) is 11.5. The molecule has 0 spiro atoms. The van der Waals surface area contributed by atoms with Crippen LogP contribution in [0, 0.1) is 0 Å². The predicted molar refractivity (Wildman–Crippen MR) is 69.5 cm³/mol. The van der Waals surface area contributed by atoms with E-state index in [-0.39, 0.29) is 12.2 Å². The number of rotatable bonds is 3. The van der Waals surface area contributed by atoms with Gasteiger partial charge in [0.2, 0.25) is 0 Å². The van der Waals surface area contributed by atoms with Crippen molar-refractivity contribution in [1.82, 2.24) is 0 Å². The predicted octanol–water partition coefficient (Wildman–Crippen LogP) is 3.84. The van der Waals surface area contributed by atoms with Gasteiger partial charge in [-0.1, -0.05) is 72.8 Å². The molecule has 0 aromatic heterocycles. The van der Waals surface area contributed by atoms with Crippen LogP contribution >= 0.6 is 0 Å². The summed E-state index contributed by atoms with van der Waals surface area (Å²) in [6.45, 7) is 0. The Bertz CT molecular complexity index is 502. The van der Waals surface area contributed by atoms with Crippen molar-refractivity contribution in [1.29, 1.82) is 0 Å². The molecule has 0 unspecified atom stereocenters. The van der Waals surface area contributed by atoms with E-state index in [1.54, 1.807) is 0 Å². The minimum absolute atomic E-state index is 0.234. The minimum Gasteiger partial charge on any atom is -0.360 e. The van der Waals surface area contributed by atoms with Crippen LogP contribution < -0.4 is 0 Å². The summed E-state index contributed by atoms with van der Waals surface area (Å²) in [5, 5.41) is 0. The van der Waals surface area contributed by atoms with Gasteiger partial charge < -0.3 is 4.74 Å². The number of ether oxygens (including phenoxy) is 1. The van der Waals surface area contributed by atoms with E-state index in [0.29, 0.717) is 0 Å². The van der Waals surface area contributed by atoms with Crippen LogP contribution in [0.1, 0.15) is 17.2 Å². The molecule has 1 saturated heterocycles. The first kappa shape index (κ1) is 10.3. The van der Waals surface area contributed by atoms with Crippen molar-refractivity contribution in [3.05, 3.63) is 77.9 Å². The van der Waals surface area contributed by atoms with E-state index < -0.39 is 0 Å². The molecule has 0 saturated carbocycles. The highest BCUT2D eigenvalue weighted by Gasteiger charge is 2.37. The van der Waals surface area contributed by atoms with Crippen LogP contribution in [-0.2, 0) is 4.74 Å². The first-order valence-electron chi connectivity index (χ1n) is 5.87. The lowest BCUT2D eigenvalue weighted by molar-refractivity contribution is 0.394. The van der Waals surface area contributed by atoms with Crippen LogP contribution in [0.3, 0.4) is 0 Å². The lowest BCUT2D eigenvalue weighted by Crippen LogP contribution is -1.83. The summed E-state index contributed by atoms with van der Waals surface area (Å²) in [6, 6.07) is 20.7. The van der Waals surface area contributed by atoms with Crippen LogP contribution in [0.2, 0.25) is 0 Å². The monoisotopic (exact) mass is 222 g/mol. The van der Waals surface area contributed by atoms with Gasteiger partial charge in [0.1, 0.15) is 12.2 Å². The highest BCUT2D eigenvalue weighted by atomic mass is 16.6. The Balaban J connectivity index is 1.65. The Morgan fingerprint density at radius 2 is 1.47 bits per heavy atom. The van der Waals surface area contributed by atoms with Crippen LogP contribution in [0.5, 0.6) is 0 Å². The van der Waals surface area contributed by atoms with E-state index in [9.17, 15) is 0 Å².